The minimum absolute atomic E-state index is 0. The van der Waals surface area contributed by atoms with Gasteiger partial charge in [-0.15, -0.1) is 12.4 Å². The fraction of sp³-hybridized carbons (Fsp3) is 0.375. The van der Waals surface area contributed by atoms with Gasteiger partial charge in [-0.3, -0.25) is 4.79 Å². The lowest BCUT2D eigenvalue weighted by atomic mass is 10.1. The summed E-state index contributed by atoms with van der Waals surface area (Å²) in [6.07, 6.45) is 0. The first-order valence-corrected chi connectivity index (χ1v) is 7.12. The number of rotatable bonds is 4. The van der Waals surface area contributed by atoms with Gasteiger partial charge in [-0.1, -0.05) is 31.5 Å². The van der Waals surface area contributed by atoms with Crippen molar-refractivity contribution < 1.29 is 4.79 Å². The van der Waals surface area contributed by atoms with Gasteiger partial charge in [0, 0.05) is 6.07 Å². The van der Waals surface area contributed by atoms with Gasteiger partial charge in [-0.25, -0.2) is 4.68 Å². The minimum Gasteiger partial charge on any atom is -0.320 e. The van der Waals surface area contributed by atoms with E-state index in [1.807, 2.05) is 37.3 Å². The smallest absolute Gasteiger partial charge is 0.242 e. The molecule has 2 aromatic rings. The molecule has 0 bridgehead atoms. The van der Waals surface area contributed by atoms with Gasteiger partial charge in [0.25, 0.3) is 0 Å². The van der Waals surface area contributed by atoms with Crippen LogP contribution in [0.25, 0.3) is 5.69 Å². The van der Waals surface area contributed by atoms with Gasteiger partial charge < -0.3 is 11.1 Å². The Morgan fingerprint density at radius 2 is 1.82 bits per heavy atom. The van der Waals surface area contributed by atoms with Crippen molar-refractivity contribution in [2.24, 2.45) is 5.73 Å². The van der Waals surface area contributed by atoms with Crippen molar-refractivity contribution in [3.63, 3.8) is 0 Å². The summed E-state index contributed by atoms with van der Waals surface area (Å²) in [7, 11) is 0. The van der Waals surface area contributed by atoms with Crippen LogP contribution in [0.3, 0.4) is 0 Å². The molecule has 0 spiro atoms. The molecule has 120 valence electrons. The van der Waals surface area contributed by atoms with E-state index in [0.29, 0.717) is 5.82 Å². The number of aromatic nitrogens is 2. The lowest BCUT2D eigenvalue weighted by Crippen LogP contribution is -2.33. The molecule has 6 heteroatoms. The summed E-state index contributed by atoms with van der Waals surface area (Å²) in [5.41, 5.74) is 8.63. The maximum atomic E-state index is 11.9. The van der Waals surface area contributed by atoms with Crippen molar-refractivity contribution in [3.8, 4) is 5.69 Å². The highest BCUT2D eigenvalue weighted by Gasteiger charge is 2.16. The summed E-state index contributed by atoms with van der Waals surface area (Å²) in [5, 5.41) is 7.42. The van der Waals surface area contributed by atoms with Crippen LogP contribution >= 0.6 is 12.4 Å². The van der Waals surface area contributed by atoms with Gasteiger partial charge in [-0.05, 0) is 31.9 Å². The highest BCUT2D eigenvalue weighted by Crippen LogP contribution is 2.22. The first-order valence-electron chi connectivity index (χ1n) is 7.12. The molecule has 3 N–H and O–H groups in total. The second-order valence-electron chi connectivity index (χ2n) is 5.63. The van der Waals surface area contributed by atoms with Crippen LogP contribution in [-0.4, -0.2) is 21.7 Å². The molecule has 2 rings (SSSR count). The number of carbonyl (C=O) groups excluding carboxylic acids is 1. The van der Waals surface area contributed by atoms with Gasteiger partial charge in [-0.2, -0.15) is 5.10 Å². The first-order chi connectivity index (χ1) is 9.88. The molecule has 1 aromatic heterocycles. The Labute approximate surface area is 137 Å². The summed E-state index contributed by atoms with van der Waals surface area (Å²) in [4.78, 5) is 11.9. The second kappa shape index (κ2) is 7.42. The summed E-state index contributed by atoms with van der Waals surface area (Å²) < 4.78 is 1.75. The molecule has 22 heavy (non-hydrogen) atoms. The van der Waals surface area contributed by atoms with Gasteiger partial charge in [0.2, 0.25) is 5.91 Å². The highest BCUT2D eigenvalue weighted by atomic mass is 35.5. The van der Waals surface area contributed by atoms with E-state index in [9.17, 15) is 4.79 Å². The third-order valence-corrected chi connectivity index (χ3v) is 3.26. The van der Waals surface area contributed by atoms with Crippen LogP contribution in [0.2, 0.25) is 0 Å². The SMILES string of the molecule is Cc1ccc(-n2nc(C(C)C)cc2NC(=O)[C@H](C)N)cc1.Cl. The van der Waals surface area contributed by atoms with Crippen LogP contribution in [0, 0.1) is 6.92 Å². The molecule has 1 atom stereocenters. The van der Waals surface area contributed by atoms with Crippen LogP contribution in [0.4, 0.5) is 5.82 Å². The van der Waals surface area contributed by atoms with Crippen LogP contribution < -0.4 is 11.1 Å². The third-order valence-electron chi connectivity index (χ3n) is 3.26. The molecule has 0 saturated heterocycles. The van der Waals surface area contributed by atoms with E-state index in [2.05, 4.69) is 24.3 Å². The Bertz CT molecular complexity index is 632. The van der Waals surface area contributed by atoms with Gasteiger partial charge in [0.05, 0.1) is 17.4 Å². The van der Waals surface area contributed by atoms with Gasteiger partial charge in [0.1, 0.15) is 5.82 Å². The number of anilines is 1. The zero-order valence-electron chi connectivity index (χ0n) is 13.3. The Kier molecular flexibility index (Phi) is 6.14. The monoisotopic (exact) mass is 322 g/mol. The third kappa shape index (κ3) is 4.08. The minimum atomic E-state index is -0.561. The Balaban J connectivity index is 0.00000242. The summed E-state index contributed by atoms with van der Waals surface area (Å²) in [6.45, 7) is 7.83. The first kappa shape index (κ1) is 18.2. The van der Waals surface area contributed by atoms with Crippen LogP contribution in [0.5, 0.6) is 0 Å². The van der Waals surface area contributed by atoms with E-state index in [4.69, 9.17) is 5.73 Å². The topological polar surface area (TPSA) is 72.9 Å². The predicted octanol–water partition coefficient (Wildman–Crippen LogP) is 3.01. The average Bonchev–Trinajstić information content (AvgIpc) is 2.83. The number of hydrogen-bond donors (Lipinski definition) is 2. The van der Waals surface area contributed by atoms with Crippen LogP contribution in [-0.2, 0) is 4.79 Å². The number of aryl methyl sites for hydroxylation is 1. The lowest BCUT2D eigenvalue weighted by Gasteiger charge is -2.10. The molecule has 0 aliphatic carbocycles. The number of nitrogens with one attached hydrogen (secondary N) is 1. The lowest BCUT2D eigenvalue weighted by molar-refractivity contribution is -0.117. The fourth-order valence-corrected chi connectivity index (χ4v) is 1.89. The van der Waals surface area contributed by atoms with E-state index >= 15 is 0 Å². The molecule has 0 aliphatic rings. The number of carbonyl (C=O) groups is 1. The number of amides is 1. The van der Waals surface area contributed by atoms with Crippen molar-refractivity contribution in [1.29, 1.82) is 0 Å². The zero-order valence-corrected chi connectivity index (χ0v) is 14.1. The number of halogens is 1. The van der Waals surface area contributed by atoms with Crippen molar-refractivity contribution >= 4 is 24.1 Å². The molecule has 5 nitrogen and oxygen atoms in total. The van der Waals surface area contributed by atoms with Gasteiger partial charge >= 0.3 is 0 Å². The number of hydrogen-bond acceptors (Lipinski definition) is 3. The zero-order chi connectivity index (χ0) is 15.6. The van der Waals surface area contributed by atoms with Gasteiger partial charge in [0.15, 0.2) is 0 Å². The normalized spacial score (nSPS) is 11.9. The highest BCUT2D eigenvalue weighted by molar-refractivity contribution is 5.93. The Hall–Kier alpha value is -1.85. The summed E-state index contributed by atoms with van der Waals surface area (Å²) in [6, 6.07) is 9.33. The second-order valence-corrected chi connectivity index (χ2v) is 5.63. The molecule has 0 aliphatic heterocycles. The van der Waals surface area contributed by atoms with E-state index in [1.54, 1.807) is 11.6 Å². The van der Waals surface area contributed by atoms with Crippen molar-refractivity contribution in [2.75, 3.05) is 5.32 Å². The van der Waals surface area contributed by atoms with Crippen LogP contribution in [0.15, 0.2) is 30.3 Å². The maximum Gasteiger partial charge on any atom is 0.242 e. The fourth-order valence-electron chi connectivity index (χ4n) is 1.89. The molecule has 0 fully saturated rings. The quantitative estimate of drug-likeness (QED) is 0.908. The van der Waals surface area contributed by atoms with Crippen LogP contribution in [0.1, 0.15) is 37.9 Å². The molecule has 1 amide bonds. The Morgan fingerprint density at radius 3 is 2.32 bits per heavy atom. The van der Waals surface area contributed by atoms with E-state index < -0.39 is 6.04 Å². The molecule has 0 radical (unpaired) electrons. The number of nitrogens with two attached hydrogens (primary N) is 1. The van der Waals surface area contributed by atoms with Crippen molar-refractivity contribution in [1.82, 2.24) is 9.78 Å². The van der Waals surface area contributed by atoms with E-state index in [0.717, 1.165) is 11.4 Å². The van der Waals surface area contributed by atoms with E-state index in [1.165, 1.54) is 5.56 Å². The number of nitrogens with zero attached hydrogens (tertiary/aromatic N) is 2. The summed E-state index contributed by atoms with van der Waals surface area (Å²) >= 11 is 0. The van der Waals surface area contributed by atoms with E-state index in [-0.39, 0.29) is 24.2 Å². The molecule has 1 heterocycles. The summed E-state index contributed by atoms with van der Waals surface area (Å²) in [5.74, 6) is 0.700. The molecule has 0 unspecified atom stereocenters. The number of benzene rings is 1. The Morgan fingerprint density at radius 1 is 1.23 bits per heavy atom. The average molecular weight is 323 g/mol. The molecular formula is C16H23ClN4O. The predicted molar refractivity (Wildman–Crippen MR) is 91.9 cm³/mol. The largest absolute Gasteiger partial charge is 0.320 e. The maximum absolute atomic E-state index is 11.9. The van der Waals surface area contributed by atoms with Crippen molar-refractivity contribution in [2.45, 2.75) is 39.7 Å². The standard InChI is InChI=1S/C16H22N4O.ClH/c1-10(2)14-9-15(18-16(21)12(4)17)20(19-14)13-7-5-11(3)6-8-13;/h5-10,12H,17H2,1-4H3,(H,18,21);1H/t12-;/m0./s1. The molecule has 1 aromatic carbocycles. The molecule has 0 saturated carbocycles. The molecular weight excluding hydrogens is 300 g/mol. The van der Waals surface area contributed by atoms with Crippen molar-refractivity contribution in [3.05, 3.63) is 41.6 Å².